The van der Waals surface area contributed by atoms with Crippen LogP contribution in [0.2, 0.25) is 0 Å². The molecule has 0 saturated heterocycles. The van der Waals surface area contributed by atoms with Gasteiger partial charge in [-0.15, -0.1) is 0 Å². The van der Waals surface area contributed by atoms with Crippen molar-refractivity contribution < 1.29 is 24.0 Å². The van der Waals surface area contributed by atoms with E-state index in [-0.39, 0.29) is 18.0 Å². The Bertz CT molecular complexity index is 956. The third-order valence-electron chi connectivity index (χ3n) is 4.05. The van der Waals surface area contributed by atoms with E-state index >= 15 is 0 Å². The maximum absolute atomic E-state index is 12.5. The molecule has 0 radical (unpaired) electrons. The van der Waals surface area contributed by atoms with E-state index in [9.17, 15) is 24.5 Å². The lowest BCUT2D eigenvalue weighted by molar-refractivity contribution is -0.385. The largest absolute Gasteiger partial charge is 0.452 e. The number of aryl methyl sites for hydroxylation is 1. The fourth-order valence-electron chi connectivity index (χ4n) is 2.80. The SMILES string of the molecule is Cc1cccc([N+](=O)[O-])c1C(=O)OCC(=O)N1CC(=O)Nc2ccccc21. The Morgan fingerprint density at radius 3 is 2.70 bits per heavy atom. The van der Waals surface area contributed by atoms with Crippen molar-refractivity contribution in [1.82, 2.24) is 0 Å². The number of nitrogens with zero attached hydrogens (tertiary/aromatic N) is 2. The molecule has 0 atom stereocenters. The topological polar surface area (TPSA) is 119 Å². The van der Waals surface area contributed by atoms with Gasteiger partial charge in [-0.2, -0.15) is 0 Å². The number of hydrogen-bond donors (Lipinski definition) is 1. The highest BCUT2D eigenvalue weighted by Gasteiger charge is 2.29. The summed E-state index contributed by atoms with van der Waals surface area (Å²) in [6.07, 6.45) is 0. The van der Waals surface area contributed by atoms with Crippen LogP contribution >= 0.6 is 0 Å². The molecule has 9 nitrogen and oxygen atoms in total. The molecule has 0 fully saturated rings. The zero-order valence-electron chi connectivity index (χ0n) is 14.3. The minimum atomic E-state index is -0.970. The Balaban J connectivity index is 1.77. The zero-order chi connectivity index (χ0) is 19.6. The molecule has 2 amide bonds. The van der Waals surface area contributed by atoms with Gasteiger partial charge in [-0.25, -0.2) is 4.79 Å². The van der Waals surface area contributed by atoms with Crippen LogP contribution in [0.4, 0.5) is 17.1 Å². The Hall–Kier alpha value is -3.75. The van der Waals surface area contributed by atoms with E-state index in [1.165, 1.54) is 30.0 Å². The number of para-hydroxylation sites is 2. The van der Waals surface area contributed by atoms with E-state index in [4.69, 9.17) is 4.74 Å². The summed E-state index contributed by atoms with van der Waals surface area (Å²) in [5.41, 5.74) is 0.731. The van der Waals surface area contributed by atoms with E-state index in [2.05, 4.69) is 5.32 Å². The average Bonchev–Trinajstić information content (AvgIpc) is 2.64. The molecule has 138 valence electrons. The standard InChI is InChI=1S/C18H15N3O6/c1-11-5-4-8-14(21(25)26)17(11)18(24)27-10-16(23)20-9-15(22)19-12-6-2-3-7-13(12)20/h2-8H,9-10H2,1H3,(H,19,22). The third-order valence-corrected chi connectivity index (χ3v) is 4.05. The van der Waals surface area contributed by atoms with Crippen LogP contribution < -0.4 is 10.2 Å². The van der Waals surface area contributed by atoms with Crippen molar-refractivity contribution in [3.63, 3.8) is 0 Å². The van der Waals surface area contributed by atoms with Gasteiger partial charge in [-0.05, 0) is 24.6 Å². The van der Waals surface area contributed by atoms with E-state index in [0.29, 0.717) is 16.9 Å². The van der Waals surface area contributed by atoms with Gasteiger partial charge in [0.2, 0.25) is 5.91 Å². The molecule has 0 saturated carbocycles. The lowest BCUT2D eigenvalue weighted by Crippen LogP contribution is -2.44. The summed E-state index contributed by atoms with van der Waals surface area (Å²) in [5.74, 6) is -1.95. The molecule has 27 heavy (non-hydrogen) atoms. The lowest BCUT2D eigenvalue weighted by atomic mass is 10.1. The van der Waals surface area contributed by atoms with Gasteiger partial charge in [0.05, 0.1) is 16.3 Å². The van der Waals surface area contributed by atoms with Crippen LogP contribution in [0.1, 0.15) is 15.9 Å². The first-order chi connectivity index (χ1) is 12.9. The van der Waals surface area contributed by atoms with Crippen molar-refractivity contribution in [3.05, 3.63) is 63.7 Å². The summed E-state index contributed by atoms with van der Waals surface area (Å²) in [6, 6.07) is 10.9. The van der Waals surface area contributed by atoms with Crippen molar-refractivity contribution >= 4 is 34.8 Å². The summed E-state index contributed by atoms with van der Waals surface area (Å²) in [6.45, 7) is 0.681. The molecule has 3 rings (SSSR count). The molecule has 0 aromatic heterocycles. The Kier molecular flexibility index (Phi) is 4.84. The highest BCUT2D eigenvalue weighted by Crippen LogP contribution is 2.29. The number of esters is 1. The minimum absolute atomic E-state index is 0.202. The van der Waals surface area contributed by atoms with Gasteiger partial charge >= 0.3 is 5.97 Å². The molecule has 0 aliphatic carbocycles. The third kappa shape index (κ3) is 3.61. The number of nitro benzene ring substituents is 1. The second-order valence-electron chi connectivity index (χ2n) is 5.85. The fourth-order valence-corrected chi connectivity index (χ4v) is 2.80. The molecular formula is C18H15N3O6. The number of carbonyl (C=O) groups is 3. The zero-order valence-corrected chi connectivity index (χ0v) is 14.3. The number of fused-ring (bicyclic) bond motifs is 1. The van der Waals surface area contributed by atoms with Crippen LogP contribution in [-0.4, -0.2) is 35.9 Å². The summed E-state index contributed by atoms with van der Waals surface area (Å²) in [5, 5.41) is 13.8. The predicted molar refractivity (Wildman–Crippen MR) is 95.5 cm³/mol. The highest BCUT2D eigenvalue weighted by atomic mass is 16.6. The summed E-state index contributed by atoms with van der Waals surface area (Å²) in [4.78, 5) is 48.2. The van der Waals surface area contributed by atoms with Gasteiger partial charge in [0.15, 0.2) is 6.61 Å². The first kappa shape index (κ1) is 18.1. The second kappa shape index (κ2) is 7.24. The van der Waals surface area contributed by atoms with Crippen LogP contribution in [-0.2, 0) is 14.3 Å². The van der Waals surface area contributed by atoms with E-state index < -0.39 is 29.1 Å². The highest BCUT2D eigenvalue weighted by molar-refractivity contribution is 6.10. The Morgan fingerprint density at radius 2 is 1.96 bits per heavy atom. The predicted octanol–water partition coefficient (Wildman–Crippen LogP) is 2.05. The summed E-state index contributed by atoms with van der Waals surface area (Å²) < 4.78 is 5.00. The number of nitro groups is 1. The number of benzene rings is 2. The lowest BCUT2D eigenvalue weighted by Gasteiger charge is -2.28. The van der Waals surface area contributed by atoms with Gasteiger partial charge in [-0.3, -0.25) is 24.6 Å². The van der Waals surface area contributed by atoms with Crippen LogP contribution in [0.3, 0.4) is 0 Å². The van der Waals surface area contributed by atoms with Crippen LogP contribution in [0.15, 0.2) is 42.5 Å². The second-order valence-corrected chi connectivity index (χ2v) is 5.85. The van der Waals surface area contributed by atoms with Crippen LogP contribution in [0.25, 0.3) is 0 Å². The molecule has 1 heterocycles. The molecule has 1 aliphatic heterocycles. The van der Waals surface area contributed by atoms with E-state index in [1.807, 2.05) is 0 Å². The number of carbonyl (C=O) groups excluding carboxylic acids is 3. The number of anilines is 2. The maximum Gasteiger partial charge on any atom is 0.345 e. The number of amides is 2. The average molecular weight is 369 g/mol. The van der Waals surface area contributed by atoms with Crippen molar-refractivity contribution in [3.8, 4) is 0 Å². The molecule has 2 aromatic carbocycles. The van der Waals surface area contributed by atoms with Gasteiger partial charge < -0.3 is 10.1 Å². The number of nitrogens with one attached hydrogen (secondary N) is 1. The number of rotatable bonds is 4. The van der Waals surface area contributed by atoms with Crippen LogP contribution in [0, 0.1) is 17.0 Å². The molecule has 9 heteroatoms. The number of ether oxygens (including phenoxy) is 1. The molecule has 0 bridgehead atoms. The summed E-state index contributed by atoms with van der Waals surface area (Å²) in [7, 11) is 0. The molecule has 0 spiro atoms. The van der Waals surface area contributed by atoms with Gasteiger partial charge in [0.1, 0.15) is 12.1 Å². The first-order valence-corrected chi connectivity index (χ1v) is 7.99. The smallest absolute Gasteiger partial charge is 0.345 e. The molecule has 2 aromatic rings. The van der Waals surface area contributed by atoms with Gasteiger partial charge in [-0.1, -0.05) is 24.3 Å². The van der Waals surface area contributed by atoms with E-state index in [1.54, 1.807) is 24.3 Å². The molecule has 1 N–H and O–H groups in total. The molecule has 0 unspecified atom stereocenters. The van der Waals surface area contributed by atoms with Crippen molar-refractivity contribution in [1.29, 1.82) is 0 Å². The van der Waals surface area contributed by atoms with Crippen molar-refractivity contribution in [2.45, 2.75) is 6.92 Å². The minimum Gasteiger partial charge on any atom is -0.452 e. The summed E-state index contributed by atoms with van der Waals surface area (Å²) >= 11 is 0. The number of hydrogen-bond acceptors (Lipinski definition) is 6. The molecule has 1 aliphatic rings. The maximum atomic E-state index is 12.5. The quantitative estimate of drug-likeness (QED) is 0.500. The first-order valence-electron chi connectivity index (χ1n) is 7.99. The Labute approximate surface area is 153 Å². The van der Waals surface area contributed by atoms with Gasteiger partial charge in [0, 0.05) is 6.07 Å². The monoisotopic (exact) mass is 369 g/mol. The van der Waals surface area contributed by atoms with Crippen LogP contribution in [0.5, 0.6) is 0 Å². The van der Waals surface area contributed by atoms with E-state index in [0.717, 1.165) is 0 Å². The van der Waals surface area contributed by atoms with Crippen molar-refractivity contribution in [2.24, 2.45) is 0 Å². The Morgan fingerprint density at radius 1 is 1.22 bits per heavy atom. The van der Waals surface area contributed by atoms with Crippen molar-refractivity contribution in [2.75, 3.05) is 23.4 Å². The normalized spacial score (nSPS) is 12.8. The van der Waals surface area contributed by atoms with Gasteiger partial charge in [0.25, 0.3) is 11.6 Å². The molecular weight excluding hydrogens is 354 g/mol. The fraction of sp³-hybridized carbons (Fsp3) is 0.167.